The summed E-state index contributed by atoms with van der Waals surface area (Å²) in [5.74, 6) is 2.02. The van der Waals surface area contributed by atoms with Gasteiger partial charge in [-0.05, 0) is 30.9 Å². The van der Waals surface area contributed by atoms with Crippen LogP contribution in [0.2, 0.25) is 0 Å². The van der Waals surface area contributed by atoms with Gasteiger partial charge < -0.3 is 15.7 Å². The minimum absolute atomic E-state index is 0.109. The van der Waals surface area contributed by atoms with E-state index in [0.717, 1.165) is 36.1 Å². The molecule has 2 aromatic rings. The fraction of sp³-hybridized carbons (Fsp3) is 0.429. The molecule has 0 saturated heterocycles. The first-order valence-corrected chi connectivity index (χ1v) is 6.62. The van der Waals surface area contributed by atoms with Crippen LogP contribution in [0.1, 0.15) is 12.8 Å². The zero-order valence-electron chi connectivity index (χ0n) is 10.9. The van der Waals surface area contributed by atoms with Crippen molar-refractivity contribution in [2.45, 2.75) is 18.9 Å². The summed E-state index contributed by atoms with van der Waals surface area (Å²) in [4.78, 5) is 8.90. The molecule has 1 fully saturated rings. The summed E-state index contributed by atoms with van der Waals surface area (Å²) in [5, 5.41) is 16.7. The quantitative estimate of drug-likeness (QED) is 0.781. The monoisotopic (exact) mass is 258 g/mol. The Balaban J connectivity index is 1.84. The molecule has 1 aliphatic carbocycles. The molecule has 5 nitrogen and oxygen atoms in total. The highest BCUT2D eigenvalue weighted by atomic mass is 16.3. The number of aliphatic hydroxyl groups is 1. The largest absolute Gasteiger partial charge is 0.393 e. The first kappa shape index (κ1) is 12.2. The van der Waals surface area contributed by atoms with Gasteiger partial charge in [0.25, 0.3) is 0 Å². The number of anilines is 2. The van der Waals surface area contributed by atoms with E-state index >= 15 is 0 Å². The standard InChI is InChI=1S/C14H18N4O/c1-15-14-17-12-5-3-2-4-11(12)13(18-14)16-8-9-6-10(19)7-9/h2-5,9-10,19H,6-8H2,1H3,(H2,15,16,17,18). The molecule has 0 radical (unpaired) electrons. The van der Waals surface area contributed by atoms with Crippen LogP contribution in [0.15, 0.2) is 24.3 Å². The molecule has 3 N–H and O–H groups in total. The summed E-state index contributed by atoms with van der Waals surface area (Å²) in [6.45, 7) is 0.848. The molecule has 19 heavy (non-hydrogen) atoms. The van der Waals surface area contributed by atoms with Gasteiger partial charge in [-0.1, -0.05) is 12.1 Å². The van der Waals surface area contributed by atoms with E-state index in [-0.39, 0.29) is 6.10 Å². The van der Waals surface area contributed by atoms with Crippen LogP contribution in [-0.4, -0.2) is 34.8 Å². The van der Waals surface area contributed by atoms with Crippen molar-refractivity contribution in [2.75, 3.05) is 24.2 Å². The van der Waals surface area contributed by atoms with Crippen LogP contribution in [-0.2, 0) is 0 Å². The number of nitrogens with one attached hydrogen (secondary N) is 2. The summed E-state index contributed by atoms with van der Waals surface area (Å²) >= 11 is 0. The number of benzene rings is 1. The summed E-state index contributed by atoms with van der Waals surface area (Å²) < 4.78 is 0. The molecule has 1 saturated carbocycles. The number of fused-ring (bicyclic) bond motifs is 1. The molecular formula is C14H18N4O. The number of aliphatic hydroxyl groups excluding tert-OH is 1. The smallest absolute Gasteiger partial charge is 0.224 e. The fourth-order valence-corrected chi connectivity index (χ4v) is 2.43. The zero-order valence-corrected chi connectivity index (χ0v) is 10.9. The summed E-state index contributed by atoms with van der Waals surface area (Å²) in [6, 6.07) is 7.97. The minimum Gasteiger partial charge on any atom is -0.393 e. The van der Waals surface area contributed by atoms with Crippen LogP contribution in [0.25, 0.3) is 10.9 Å². The number of nitrogens with zero attached hydrogens (tertiary/aromatic N) is 2. The second-order valence-corrected chi connectivity index (χ2v) is 5.04. The predicted octanol–water partition coefficient (Wildman–Crippen LogP) is 1.85. The van der Waals surface area contributed by atoms with Gasteiger partial charge in [0, 0.05) is 19.0 Å². The van der Waals surface area contributed by atoms with Crippen LogP contribution in [0.4, 0.5) is 11.8 Å². The van der Waals surface area contributed by atoms with Crippen LogP contribution < -0.4 is 10.6 Å². The van der Waals surface area contributed by atoms with E-state index in [2.05, 4.69) is 20.6 Å². The zero-order chi connectivity index (χ0) is 13.2. The Morgan fingerprint density at radius 3 is 2.79 bits per heavy atom. The maximum atomic E-state index is 9.31. The second-order valence-electron chi connectivity index (χ2n) is 5.04. The average molecular weight is 258 g/mol. The molecule has 3 rings (SSSR count). The van der Waals surface area contributed by atoms with E-state index in [1.165, 1.54) is 0 Å². The molecule has 0 bridgehead atoms. The molecule has 1 heterocycles. The van der Waals surface area contributed by atoms with Crippen molar-refractivity contribution in [3.05, 3.63) is 24.3 Å². The van der Waals surface area contributed by atoms with Gasteiger partial charge in [0.2, 0.25) is 5.95 Å². The molecule has 0 spiro atoms. The van der Waals surface area contributed by atoms with Gasteiger partial charge in [0.05, 0.1) is 11.6 Å². The lowest BCUT2D eigenvalue weighted by atomic mass is 9.82. The highest BCUT2D eigenvalue weighted by molar-refractivity contribution is 5.89. The predicted molar refractivity (Wildman–Crippen MR) is 76.3 cm³/mol. The Bertz CT molecular complexity index is 581. The molecule has 5 heteroatoms. The van der Waals surface area contributed by atoms with E-state index in [4.69, 9.17) is 0 Å². The van der Waals surface area contributed by atoms with Gasteiger partial charge in [-0.15, -0.1) is 0 Å². The SMILES string of the molecule is CNc1nc(NCC2CC(O)C2)c2ccccc2n1. The normalized spacial score (nSPS) is 22.0. The van der Waals surface area contributed by atoms with Gasteiger partial charge in [-0.25, -0.2) is 4.98 Å². The number of hydrogen-bond acceptors (Lipinski definition) is 5. The van der Waals surface area contributed by atoms with Crippen molar-refractivity contribution < 1.29 is 5.11 Å². The lowest BCUT2D eigenvalue weighted by molar-refractivity contribution is 0.0486. The molecule has 0 aliphatic heterocycles. The maximum absolute atomic E-state index is 9.31. The first-order chi connectivity index (χ1) is 9.26. The third-order valence-electron chi connectivity index (χ3n) is 3.60. The van der Waals surface area contributed by atoms with Crippen molar-refractivity contribution in [1.29, 1.82) is 0 Å². The van der Waals surface area contributed by atoms with Crippen molar-refractivity contribution >= 4 is 22.7 Å². The molecule has 0 unspecified atom stereocenters. The van der Waals surface area contributed by atoms with Crippen LogP contribution in [0.5, 0.6) is 0 Å². The van der Waals surface area contributed by atoms with E-state index < -0.39 is 0 Å². The topological polar surface area (TPSA) is 70.1 Å². The first-order valence-electron chi connectivity index (χ1n) is 6.62. The molecule has 0 amide bonds. The van der Waals surface area contributed by atoms with Crippen molar-refractivity contribution in [1.82, 2.24) is 9.97 Å². The van der Waals surface area contributed by atoms with Gasteiger partial charge >= 0.3 is 0 Å². The Morgan fingerprint density at radius 2 is 2.05 bits per heavy atom. The lowest BCUT2D eigenvalue weighted by Crippen LogP contribution is -2.33. The Morgan fingerprint density at radius 1 is 1.26 bits per heavy atom. The van der Waals surface area contributed by atoms with E-state index in [9.17, 15) is 5.11 Å². The molecular weight excluding hydrogens is 240 g/mol. The molecule has 100 valence electrons. The molecule has 0 atom stereocenters. The summed E-state index contributed by atoms with van der Waals surface area (Å²) in [6.07, 6.45) is 1.66. The number of hydrogen-bond donors (Lipinski definition) is 3. The van der Waals surface area contributed by atoms with E-state index in [1.807, 2.05) is 31.3 Å². The Kier molecular flexibility index (Phi) is 3.21. The highest BCUT2D eigenvalue weighted by Crippen LogP contribution is 2.28. The Labute approximate surface area is 112 Å². The van der Waals surface area contributed by atoms with Crippen molar-refractivity contribution in [2.24, 2.45) is 5.92 Å². The molecule has 1 aromatic carbocycles. The van der Waals surface area contributed by atoms with Crippen molar-refractivity contribution in [3.63, 3.8) is 0 Å². The van der Waals surface area contributed by atoms with Gasteiger partial charge in [-0.2, -0.15) is 4.98 Å². The highest BCUT2D eigenvalue weighted by Gasteiger charge is 2.26. The van der Waals surface area contributed by atoms with Gasteiger partial charge in [0.15, 0.2) is 0 Å². The minimum atomic E-state index is -0.109. The van der Waals surface area contributed by atoms with Gasteiger partial charge in [0.1, 0.15) is 5.82 Å². The third-order valence-corrected chi connectivity index (χ3v) is 3.60. The average Bonchev–Trinajstić information content (AvgIpc) is 2.41. The second kappa shape index (κ2) is 5.01. The number of rotatable bonds is 4. The van der Waals surface area contributed by atoms with Crippen molar-refractivity contribution in [3.8, 4) is 0 Å². The van der Waals surface area contributed by atoms with Crippen LogP contribution in [0.3, 0.4) is 0 Å². The molecule has 1 aromatic heterocycles. The maximum Gasteiger partial charge on any atom is 0.224 e. The fourth-order valence-electron chi connectivity index (χ4n) is 2.43. The van der Waals surface area contributed by atoms with Crippen LogP contribution >= 0.6 is 0 Å². The number of aromatic nitrogens is 2. The van der Waals surface area contributed by atoms with Gasteiger partial charge in [-0.3, -0.25) is 0 Å². The van der Waals surface area contributed by atoms with E-state index in [0.29, 0.717) is 11.9 Å². The summed E-state index contributed by atoms with van der Waals surface area (Å²) in [5.41, 5.74) is 0.929. The molecule has 1 aliphatic rings. The lowest BCUT2D eigenvalue weighted by Gasteiger charge is -2.31. The Hall–Kier alpha value is -1.88. The third kappa shape index (κ3) is 2.46. The number of para-hydroxylation sites is 1. The van der Waals surface area contributed by atoms with Crippen LogP contribution in [0, 0.1) is 5.92 Å². The van der Waals surface area contributed by atoms with E-state index in [1.54, 1.807) is 0 Å². The summed E-state index contributed by atoms with van der Waals surface area (Å²) in [7, 11) is 1.82.